The van der Waals surface area contributed by atoms with E-state index in [1.54, 1.807) is 71.9 Å². The molecule has 0 aliphatic heterocycles. The topological polar surface area (TPSA) is 84.9 Å². The fraction of sp³-hybridized carbons (Fsp3) is 0.526. The molecule has 0 spiro atoms. The van der Waals surface area contributed by atoms with Crippen molar-refractivity contribution in [1.82, 2.24) is 10.4 Å². The lowest BCUT2D eigenvalue weighted by atomic mass is 10.1. The summed E-state index contributed by atoms with van der Waals surface area (Å²) in [6.45, 7) is 11.7. The van der Waals surface area contributed by atoms with Crippen LogP contribution in [0.5, 0.6) is 0 Å². The number of hydrogen-bond acceptors (Lipinski definition) is 5. The molecule has 0 heterocycles. The van der Waals surface area contributed by atoms with Crippen LogP contribution in [-0.4, -0.2) is 40.2 Å². The molecule has 0 saturated carbocycles. The second-order valence-electron chi connectivity index (χ2n) is 7.87. The maximum atomic E-state index is 12.7. The van der Waals surface area contributed by atoms with Crippen LogP contribution in [0.15, 0.2) is 30.3 Å². The quantitative estimate of drug-likeness (QED) is 0.649. The van der Waals surface area contributed by atoms with Crippen molar-refractivity contribution in [3.8, 4) is 0 Å². The van der Waals surface area contributed by atoms with Crippen molar-refractivity contribution in [3.63, 3.8) is 0 Å². The Kier molecular flexibility index (Phi) is 6.78. The van der Waals surface area contributed by atoms with Gasteiger partial charge in [0.1, 0.15) is 17.2 Å². The maximum Gasteiger partial charge on any atom is 0.429 e. The summed E-state index contributed by atoms with van der Waals surface area (Å²) in [7, 11) is 0. The van der Waals surface area contributed by atoms with Gasteiger partial charge in [-0.3, -0.25) is 4.79 Å². The van der Waals surface area contributed by atoms with Crippen LogP contribution in [0.2, 0.25) is 0 Å². The van der Waals surface area contributed by atoms with Crippen LogP contribution < -0.4 is 5.43 Å². The van der Waals surface area contributed by atoms with Gasteiger partial charge < -0.3 is 9.47 Å². The number of hydrazine groups is 1. The van der Waals surface area contributed by atoms with Gasteiger partial charge in [-0.15, -0.1) is 0 Å². The van der Waals surface area contributed by atoms with Crippen molar-refractivity contribution in [2.45, 2.75) is 65.7 Å². The SMILES string of the molecule is C[C@@H](C(=O)c1ccccc1)N(NC(=O)OC(C)(C)C)C(=O)OC(C)(C)C. The third kappa shape index (κ3) is 7.13. The van der Waals surface area contributed by atoms with Crippen LogP contribution in [0.4, 0.5) is 9.59 Å². The molecule has 7 nitrogen and oxygen atoms in total. The summed E-state index contributed by atoms with van der Waals surface area (Å²) in [6.07, 6.45) is -1.70. The number of carbonyl (C=O) groups excluding carboxylic acids is 3. The predicted molar refractivity (Wildman–Crippen MR) is 97.7 cm³/mol. The highest BCUT2D eigenvalue weighted by Gasteiger charge is 2.33. The number of Topliss-reactive ketones (excluding diaryl/α,β-unsaturated/α-hetero) is 1. The van der Waals surface area contributed by atoms with Crippen molar-refractivity contribution in [3.05, 3.63) is 35.9 Å². The van der Waals surface area contributed by atoms with Gasteiger partial charge in [0.15, 0.2) is 5.78 Å². The number of nitrogens with zero attached hydrogens (tertiary/aromatic N) is 1. The Labute approximate surface area is 154 Å². The smallest absolute Gasteiger partial charge is 0.429 e. The second-order valence-corrected chi connectivity index (χ2v) is 7.87. The van der Waals surface area contributed by atoms with E-state index in [-0.39, 0.29) is 5.78 Å². The Morgan fingerprint density at radius 3 is 1.88 bits per heavy atom. The molecule has 0 bridgehead atoms. The lowest BCUT2D eigenvalue weighted by Gasteiger charge is -2.31. The van der Waals surface area contributed by atoms with E-state index in [1.165, 1.54) is 6.92 Å². The number of ether oxygens (including phenoxy) is 2. The van der Waals surface area contributed by atoms with Gasteiger partial charge in [-0.2, -0.15) is 0 Å². The molecule has 0 radical (unpaired) electrons. The third-order valence-electron chi connectivity index (χ3n) is 3.03. The highest BCUT2D eigenvalue weighted by molar-refractivity contribution is 6.01. The van der Waals surface area contributed by atoms with E-state index in [2.05, 4.69) is 5.43 Å². The number of amides is 2. The van der Waals surface area contributed by atoms with E-state index in [9.17, 15) is 14.4 Å². The molecule has 1 atom stereocenters. The van der Waals surface area contributed by atoms with E-state index in [0.29, 0.717) is 5.56 Å². The van der Waals surface area contributed by atoms with Crippen molar-refractivity contribution in [1.29, 1.82) is 0 Å². The number of ketones is 1. The Hall–Kier alpha value is -2.57. The number of nitrogens with one attached hydrogen (secondary N) is 1. The Balaban J connectivity index is 3.04. The number of rotatable bonds is 3. The van der Waals surface area contributed by atoms with Crippen LogP contribution in [0.1, 0.15) is 58.8 Å². The molecular weight excluding hydrogens is 336 g/mol. The van der Waals surface area contributed by atoms with Gasteiger partial charge in [-0.05, 0) is 48.5 Å². The fourth-order valence-electron chi connectivity index (χ4n) is 1.97. The lowest BCUT2D eigenvalue weighted by Crippen LogP contribution is -2.55. The molecule has 0 aliphatic rings. The van der Waals surface area contributed by atoms with E-state index in [0.717, 1.165) is 5.01 Å². The Morgan fingerprint density at radius 1 is 0.923 bits per heavy atom. The maximum absolute atomic E-state index is 12.7. The molecule has 0 fully saturated rings. The summed E-state index contributed by atoms with van der Waals surface area (Å²) >= 11 is 0. The Morgan fingerprint density at radius 2 is 1.42 bits per heavy atom. The molecule has 144 valence electrons. The first-order chi connectivity index (χ1) is 11.8. The largest absolute Gasteiger partial charge is 0.443 e. The van der Waals surface area contributed by atoms with E-state index >= 15 is 0 Å². The van der Waals surface area contributed by atoms with Gasteiger partial charge in [-0.1, -0.05) is 30.3 Å². The first-order valence-corrected chi connectivity index (χ1v) is 8.41. The first-order valence-electron chi connectivity index (χ1n) is 8.41. The summed E-state index contributed by atoms with van der Waals surface area (Å²) in [4.78, 5) is 37.3. The summed E-state index contributed by atoms with van der Waals surface area (Å²) in [5.74, 6) is -0.340. The highest BCUT2D eigenvalue weighted by Crippen LogP contribution is 2.14. The van der Waals surface area contributed by atoms with Gasteiger partial charge in [0.05, 0.1) is 0 Å². The summed E-state index contributed by atoms with van der Waals surface area (Å²) in [6, 6.07) is 7.52. The molecule has 0 unspecified atom stereocenters. The summed E-state index contributed by atoms with van der Waals surface area (Å²) in [5.41, 5.74) is 1.19. The van der Waals surface area contributed by atoms with Crippen molar-refractivity contribution < 1.29 is 23.9 Å². The molecule has 0 aromatic heterocycles. The zero-order valence-corrected chi connectivity index (χ0v) is 16.5. The van der Waals surface area contributed by atoms with Crippen LogP contribution >= 0.6 is 0 Å². The van der Waals surface area contributed by atoms with Crippen LogP contribution in [0.3, 0.4) is 0 Å². The fourth-order valence-corrected chi connectivity index (χ4v) is 1.97. The highest BCUT2D eigenvalue weighted by atomic mass is 16.6. The van der Waals surface area contributed by atoms with Gasteiger partial charge in [0.25, 0.3) is 0 Å². The number of hydrogen-bond donors (Lipinski definition) is 1. The van der Waals surface area contributed by atoms with Crippen molar-refractivity contribution in [2.75, 3.05) is 0 Å². The minimum absolute atomic E-state index is 0.340. The van der Waals surface area contributed by atoms with Crippen LogP contribution in [-0.2, 0) is 9.47 Å². The molecule has 1 aromatic rings. The van der Waals surface area contributed by atoms with Crippen LogP contribution in [0, 0.1) is 0 Å². The number of carbonyl (C=O) groups is 3. The first kappa shape index (κ1) is 21.5. The van der Waals surface area contributed by atoms with Crippen molar-refractivity contribution >= 4 is 18.0 Å². The van der Waals surface area contributed by atoms with Crippen LogP contribution in [0.25, 0.3) is 0 Å². The van der Waals surface area contributed by atoms with Gasteiger partial charge >= 0.3 is 12.2 Å². The Bertz CT molecular complexity index is 644. The average Bonchev–Trinajstić information content (AvgIpc) is 2.48. The second kappa shape index (κ2) is 8.21. The van der Waals surface area contributed by atoms with E-state index < -0.39 is 29.4 Å². The lowest BCUT2D eigenvalue weighted by molar-refractivity contribution is -0.00607. The molecular formula is C19H28N2O5. The minimum Gasteiger partial charge on any atom is -0.443 e. The van der Waals surface area contributed by atoms with Gasteiger partial charge in [-0.25, -0.2) is 20.0 Å². The van der Waals surface area contributed by atoms with E-state index in [4.69, 9.17) is 9.47 Å². The normalized spacial score (nSPS) is 12.7. The zero-order valence-electron chi connectivity index (χ0n) is 16.5. The summed E-state index contributed by atoms with van der Waals surface area (Å²) < 4.78 is 10.5. The summed E-state index contributed by atoms with van der Waals surface area (Å²) in [5, 5.41) is 0.856. The molecule has 1 N–H and O–H groups in total. The predicted octanol–water partition coefficient (Wildman–Crippen LogP) is 3.93. The molecule has 0 aliphatic carbocycles. The molecule has 2 amide bonds. The number of benzene rings is 1. The average molecular weight is 364 g/mol. The minimum atomic E-state index is -0.986. The molecule has 1 rings (SSSR count). The molecule has 1 aromatic carbocycles. The zero-order chi connectivity index (χ0) is 20.1. The van der Waals surface area contributed by atoms with E-state index in [1.807, 2.05) is 0 Å². The molecule has 0 saturated heterocycles. The van der Waals surface area contributed by atoms with Gasteiger partial charge in [0, 0.05) is 5.56 Å². The molecule has 7 heteroatoms. The monoisotopic (exact) mass is 364 g/mol. The third-order valence-corrected chi connectivity index (χ3v) is 3.03. The van der Waals surface area contributed by atoms with Gasteiger partial charge in [0.2, 0.25) is 0 Å². The standard InChI is InChI=1S/C19H28N2O5/c1-13(15(22)14-11-9-8-10-12-14)21(17(24)26-19(5,6)7)20-16(23)25-18(2,3)4/h8-13H,1-7H3,(H,20,23)/t13-/m0/s1. The van der Waals surface area contributed by atoms with Crippen molar-refractivity contribution in [2.24, 2.45) is 0 Å². The molecule has 26 heavy (non-hydrogen) atoms.